The number of rotatable bonds is 4. The Hall–Kier alpha value is -3.54. The third-order valence-corrected chi connectivity index (χ3v) is 6.34. The van der Waals surface area contributed by atoms with Gasteiger partial charge in [-0.05, 0) is 48.4 Å². The molecule has 0 spiro atoms. The van der Waals surface area contributed by atoms with Crippen LogP contribution >= 0.6 is 0 Å². The number of nitrogens with zero attached hydrogens (tertiary/aromatic N) is 2. The summed E-state index contributed by atoms with van der Waals surface area (Å²) in [5, 5.41) is 13.6. The molecule has 0 radical (unpaired) electrons. The van der Waals surface area contributed by atoms with E-state index in [2.05, 4.69) is 15.3 Å². The number of carbonyl (C=O) groups excluding carboxylic acids is 1. The second-order valence-corrected chi connectivity index (χ2v) is 7.97. The maximum atomic E-state index is 13.2. The second-order valence-electron chi connectivity index (χ2n) is 7.97. The number of aromatic nitrogens is 2. The number of hydrogen-bond acceptors (Lipinski definition) is 4. The van der Waals surface area contributed by atoms with Crippen molar-refractivity contribution in [2.45, 2.75) is 12.8 Å². The van der Waals surface area contributed by atoms with Crippen molar-refractivity contribution in [3.05, 3.63) is 67.1 Å². The van der Waals surface area contributed by atoms with Gasteiger partial charge in [-0.15, -0.1) is 0 Å². The smallest absolute Gasteiger partial charge is 0.307 e. The zero-order chi connectivity index (χ0) is 20.7. The van der Waals surface area contributed by atoms with E-state index in [0.717, 1.165) is 29.4 Å². The average Bonchev–Trinajstić information content (AvgIpc) is 2.80. The van der Waals surface area contributed by atoms with Crippen LogP contribution in [0, 0.1) is 23.7 Å². The van der Waals surface area contributed by atoms with Crippen molar-refractivity contribution in [2.75, 3.05) is 5.32 Å². The summed E-state index contributed by atoms with van der Waals surface area (Å²) >= 11 is 0. The molecule has 1 saturated carbocycles. The molecule has 2 heterocycles. The predicted molar refractivity (Wildman–Crippen MR) is 114 cm³/mol. The van der Waals surface area contributed by atoms with Crippen LogP contribution in [0.5, 0.6) is 0 Å². The summed E-state index contributed by atoms with van der Waals surface area (Å²) in [6.45, 7) is 0. The number of amides is 1. The zero-order valence-corrected chi connectivity index (χ0v) is 16.2. The van der Waals surface area contributed by atoms with Gasteiger partial charge in [0.1, 0.15) is 0 Å². The first-order chi connectivity index (χ1) is 14.6. The topological polar surface area (TPSA) is 92.2 Å². The van der Waals surface area contributed by atoms with Crippen LogP contribution in [0.4, 0.5) is 5.69 Å². The molecule has 0 saturated heterocycles. The van der Waals surface area contributed by atoms with E-state index >= 15 is 0 Å². The van der Waals surface area contributed by atoms with E-state index in [1.165, 1.54) is 0 Å². The highest BCUT2D eigenvalue weighted by Crippen LogP contribution is 2.45. The minimum atomic E-state index is -0.899. The molecule has 6 heteroatoms. The highest BCUT2D eigenvalue weighted by molar-refractivity contribution is 6.06. The first kappa shape index (κ1) is 18.5. The average molecular weight is 399 g/mol. The van der Waals surface area contributed by atoms with Gasteiger partial charge in [0.25, 0.3) is 0 Å². The Morgan fingerprint density at radius 2 is 1.73 bits per heavy atom. The fourth-order valence-corrected chi connectivity index (χ4v) is 4.95. The zero-order valence-electron chi connectivity index (χ0n) is 16.2. The lowest BCUT2D eigenvalue weighted by atomic mass is 9.62. The first-order valence-electron chi connectivity index (χ1n) is 10.1. The monoisotopic (exact) mass is 399 g/mol. The van der Waals surface area contributed by atoms with Crippen molar-refractivity contribution >= 4 is 28.5 Å². The fraction of sp³-hybridized carbons (Fsp3) is 0.250. The number of allylic oxidation sites excluding steroid dienone is 2. The number of nitrogens with one attached hydrogen (secondary N) is 1. The number of carbonyl (C=O) groups is 2. The number of anilines is 1. The number of fused-ring (bicyclic) bond motifs is 3. The molecule has 1 amide bonds. The number of aliphatic carboxylic acids is 1. The Kier molecular flexibility index (Phi) is 4.54. The summed E-state index contributed by atoms with van der Waals surface area (Å²) in [4.78, 5) is 33.8. The van der Waals surface area contributed by atoms with E-state index in [0.29, 0.717) is 11.2 Å². The lowest BCUT2D eigenvalue weighted by molar-refractivity contribution is -0.151. The van der Waals surface area contributed by atoms with Gasteiger partial charge in [-0.25, -0.2) is 0 Å². The second kappa shape index (κ2) is 7.37. The molecule has 6 rings (SSSR count). The van der Waals surface area contributed by atoms with Gasteiger partial charge in [0.05, 0.1) is 23.0 Å². The third-order valence-electron chi connectivity index (χ3n) is 6.34. The summed E-state index contributed by atoms with van der Waals surface area (Å²) in [6.07, 6.45) is 10.9. The number of carboxylic acid groups (broad SMARTS) is 1. The predicted octanol–water partition coefficient (Wildman–Crippen LogP) is 4.15. The molecule has 2 N–H and O–H groups in total. The molecule has 2 aromatic heterocycles. The molecule has 2 bridgehead atoms. The maximum Gasteiger partial charge on any atom is 0.307 e. The van der Waals surface area contributed by atoms with Crippen LogP contribution in [-0.2, 0) is 9.59 Å². The Bertz CT molecular complexity index is 1160. The van der Waals surface area contributed by atoms with Crippen molar-refractivity contribution in [1.29, 1.82) is 0 Å². The minimum Gasteiger partial charge on any atom is -0.481 e. The summed E-state index contributed by atoms with van der Waals surface area (Å²) < 4.78 is 0. The van der Waals surface area contributed by atoms with Gasteiger partial charge in [-0.1, -0.05) is 30.4 Å². The largest absolute Gasteiger partial charge is 0.481 e. The van der Waals surface area contributed by atoms with E-state index in [9.17, 15) is 14.7 Å². The molecule has 0 aliphatic heterocycles. The van der Waals surface area contributed by atoms with Gasteiger partial charge in [0, 0.05) is 29.5 Å². The molecule has 2 unspecified atom stereocenters. The van der Waals surface area contributed by atoms with Crippen LogP contribution in [0.25, 0.3) is 22.0 Å². The van der Waals surface area contributed by atoms with Crippen LogP contribution in [0.1, 0.15) is 12.8 Å². The summed E-state index contributed by atoms with van der Waals surface area (Å²) in [5.41, 5.74) is 3.22. The number of carboxylic acids is 1. The normalized spacial score (nSPS) is 24.7. The molecule has 6 nitrogen and oxygen atoms in total. The highest BCUT2D eigenvalue weighted by atomic mass is 16.4. The standard InChI is InChI=1S/C24H21N3O3/c28-23(20-14-5-7-15(8-6-14)21(20)24(29)30)27-19-10-9-17(16-3-1-11-25-13-16)18-4-2-12-26-22(18)19/h1-5,7,9-15,20-21H,6,8H2,(H,27,28)(H,29,30)/t14?,15?,20-,21+/m1/s1. The molecular formula is C24H21N3O3. The van der Waals surface area contributed by atoms with Crippen LogP contribution in [0.15, 0.2) is 67.1 Å². The lowest BCUT2D eigenvalue weighted by Gasteiger charge is -2.41. The number of benzene rings is 1. The van der Waals surface area contributed by atoms with Crippen LogP contribution < -0.4 is 5.32 Å². The van der Waals surface area contributed by atoms with Crippen LogP contribution in [-0.4, -0.2) is 27.0 Å². The molecule has 1 aromatic carbocycles. The van der Waals surface area contributed by atoms with Crippen LogP contribution in [0.2, 0.25) is 0 Å². The summed E-state index contributed by atoms with van der Waals surface area (Å²) in [7, 11) is 0. The van der Waals surface area contributed by atoms with Gasteiger partial charge < -0.3 is 10.4 Å². The Balaban J connectivity index is 1.51. The Labute approximate surface area is 173 Å². The lowest BCUT2D eigenvalue weighted by Crippen LogP contribution is -2.47. The number of pyridine rings is 2. The van der Waals surface area contributed by atoms with E-state index in [-0.39, 0.29) is 17.7 Å². The van der Waals surface area contributed by atoms with Crippen molar-refractivity contribution in [2.24, 2.45) is 23.7 Å². The summed E-state index contributed by atoms with van der Waals surface area (Å²) in [6, 6.07) is 11.5. The Morgan fingerprint density at radius 3 is 2.43 bits per heavy atom. The van der Waals surface area contributed by atoms with Gasteiger partial charge in [-0.2, -0.15) is 0 Å². The van der Waals surface area contributed by atoms with Gasteiger partial charge in [-0.3, -0.25) is 19.6 Å². The van der Waals surface area contributed by atoms with Crippen LogP contribution in [0.3, 0.4) is 0 Å². The molecule has 4 atom stereocenters. The minimum absolute atomic E-state index is 0.0370. The van der Waals surface area contributed by atoms with Crippen molar-refractivity contribution in [1.82, 2.24) is 9.97 Å². The highest BCUT2D eigenvalue weighted by Gasteiger charge is 2.48. The molecule has 150 valence electrons. The third kappa shape index (κ3) is 3.05. The molecular weight excluding hydrogens is 378 g/mol. The van der Waals surface area contributed by atoms with Crippen molar-refractivity contribution < 1.29 is 14.7 Å². The maximum absolute atomic E-state index is 13.2. The molecule has 3 aliphatic rings. The van der Waals surface area contributed by atoms with E-state index in [1.807, 2.05) is 48.6 Å². The Morgan fingerprint density at radius 1 is 0.967 bits per heavy atom. The quantitative estimate of drug-likeness (QED) is 0.643. The first-order valence-corrected chi connectivity index (χ1v) is 10.1. The van der Waals surface area contributed by atoms with Crippen molar-refractivity contribution in [3.63, 3.8) is 0 Å². The molecule has 3 aliphatic carbocycles. The SMILES string of the molecule is O=C(Nc1ccc(-c2cccnc2)c2cccnc12)[C@@H]1C2C=CC(CC2)[C@@H]1C(=O)O. The molecule has 3 aromatic rings. The van der Waals surface area contributed by atoms with Gasteiger partial charge >= 0.3 is 5.97 Å². The van der Waals surface area contributed by atoms with E-state index < -0.39 is 17.8 Å². The van der Waals surface area contributed by atoms with Crippen molar-refractivity contribution in [3.8, 4) is 11.1 Å². The molecule has 1 fully saturated rings. The summed E-state index contributed by atoms with van der Waals surface area (Å²) in [5.74, 6) is -2.51. The van der Waals surface area contributed by atoms with Gasteiger partial charge in [0.2, 0.25) is 5.91 Å². The van der Waals surface area contributed by atoms with Gasteiger partial charge in [0.15, 0.2) is 0 Å². The van der Waals surface area contributed by atoms with E-state index in [1.54, 1.807) is 18.6 Å². The fourth-order valence-electron chi connectivity index (χ4n) is 4.95. The molecule has 30 heavy (non-hydrogen) atoms. The number of hydrogen-bond donors (Lipinski definition) is 2. The van der Waals surface area contributed by atoms with E-state index in [4.69, 9.17) is 0 Å².